The first-order valence-electron chi connectivity index (χ1n) is 5.58. The number of aromatic nitrogens is 1. The number of nitrogens with zero attached hydrogens (tertiary/aromatic N) is 1. The Hall–Kier alpha value is -0.940. The van der Waals surface area contributed by atoms with Gasteiger partial charge in [-0.15, -0.1) is 22.7 Å². The zero-order valence-electron chi connectivity index (χ0n) is 9.52. The number of nitrogens with one attached hydrogen (secondary N) is 1. The summed E-state index contributed by atoms with van der Waals surface area (Å²) in [7, 11) is 0. The predicted octanol–water partition coefficient (Wildman–Crippen LogP) is 4.30. The minimum Gasteiger partial charge on any atom is -0.306 e. The molecule has 0 radical (unpaired) electrons. The molecule has 0 aliphatic carbocycles. The Labute approximate surface area is 118 Å². The Bertz CT molecular complexity index is 646. The lowest BCUT2D eigenvalue weighted by atomic mass is 10.2. The Morgan fingerprint density at radius 3 is 2.89 bits per heavy atom. The molecule has 2 heterocycles. The summed E-state index contributed by atoms with van der Waals surface area (Å²) in [6.07, 6.45) is 0. The third kappa shape index (κ3) is 2.42. The number of fused-ring (bicyclic) bond motifs is 1. The van der Waals surface area contributed by atoms with Crippen LogP contribution < -0.4 is 5.32 Å². The molecule has 0 saturated heterocycles. The Morgan fingerprint density at radius 1 is 1.22 bits per heavy atom. The maximum atomic E-state index is 6.37. The van der Waals surface area contributed by atoms with Crippen molar-refractivity contribution in [3.05, 3.63) is 50.7 Å². The molecule has 0 amide bonds. The van der Waals surface area contributed by atoms with Gasteiger partial charge in [0, 0.05) is 33.4 Å². The van der Waals surface area contributed by atoms with Crippen LogP contribution in [0.25, 0.3) is 10.1 Å². The fourth-order valence-electron chi connectivity index (χ4n) is 1.81. The van der Waals surface area contributed by atoms with Crippen molar-refractivity contribution >= 4 is 44.4 Å². The second-order valence-corrected chi connectivity index (χ2v) is 6.15. The van der Waals surface area contributed by atoms with Gasteiger partial charge in [0.25, 0.3) is 0 Å². The van der Waals surface area contributed by atoms with Crippen LogP contribution in [-0.2, 0) is 13.1 Å². The molecule has 18 heavy (non-hydrogen) atoms. The van der Waals surface area contributed by atoms with E-state index in [1.807, 2.05) is 17.6 Å². The van der Waals surface area contributed by atoms with E-state index in [-0.39, 0.29) is 0 Å². The van der Waals surface area contributed by atoms with Crippen LogP contribution in [-0.4, -0.2) is 4.98 Å². The van der Waals surface area contributed by atoms with Crippen molar-refractivity contribution in [1.82, 2.24) is 10.3 Å². The summed E-state index contributed by atoms with van der Waals surface area (Å²) in [5.41, 5.74) is 2.93. The molecule has 1 aromatic carbocycles. The van der Waals surface area contributed by atoms with Gasteiger partial charge in [-0.3, -0.25) is 0 Å². The normalized spacial score (nSPS) is 11.2. The van der Waals surface area contributed by atoms with Crippen LogP contribution in [0.2, 0.25) is 5.02 Å². The third-order valence-electron chi connectivity index (χ3n) is 2.68. The van der Waals surface area contributed by atoms with Crippen LogP contribution in [0, 0.1) is 0 Å². The lowest BCUT2D eigenvalue weighted by molar-refractivity contribution is 0.690. The highest BCUT2D eigenvalue weighted by Gasteiger charge is 2.09. The van der Waals surface area contributed by atoms with Gasteiger partial charge in [0.2, 0.25) is 0 Å². The Balaban J connectivity index is 1.73. The van der Waals surface area contributed by atoms with Gasteiger partial charge in [-0.25, -0.2) is 4.98 Å². The van der Waals surface area contributed by atoms with Crippen molar-refractivity contribution in [2.45, 2.75) is 13.1 Å². The molecule has 2 nitrogen and oxygen atoms in total. The molecule has 0 unspecified atom stereocenters. The van der Waals surface area contributed by atoms with E-state index in [9.17, 15) is 0 Å². The SMILES string of the molecule is Clc1c(CNCc2cscn2)sc2ccccc12. The molecule has 0 fully saturated rings. The number of halogens is 1. The van der Waals surface area contributed by atoms with E-state index < -0.39 is 0 Å². The average molecular weight is 295 g/mol. The molecule has 0 atom stereocenters. The summed E-state index contributed by atoms with van der Waals surface area (Å²) in [6, 6.07) is 8.24. The Morgan fingerprint density at radius 2 is 2.11 bits per heavy atom. The van der Waals surface area contributed by atoms with Crippen LogP contribution in [0.5, 0.6) is 0 Å². The summed E-state index contributed by atoms with van der Waals surface area (Å²) >= 11 is 9.74. The zero-order chi connectivity index (χ0) is 12.4. The highest BCUT2D eigenvalue weighted by atomic mass is 35.5. The predicted molar refractivity (Wildman–Crippen MR) is 79.5 cm³/mol. The molecule has 0 saturated carbocycles. The molecule has 5 heteroatoms. The van der Waals surface area contributed by atoms with Gasteiger partial charge < -0.3 is 5.32 Å². The van der Waals surface area contributed by atoms with E-state index in [2.05, 4.69) is 27.8 Å². The van der Waals surface area contributed by atoms with Crippen LogP contribution in [0.15, 0.2) is 35.2 Å². The van der Waals surface area contributed by atoms with Crippen molar-refractivity contribution in [2.75, 3.05) is 0 Å². The van der Waals surface area contributed by atoms with Crippen LogP contribution in [0.3, 0.4) is 0 Å². The smallest absolute Gasteiger partial charge is 0.0795 e. The zero-order valence-corrected chi connectivity index (χ0v) is 11.9. The second kappa shape index (κ2) is 5.36. The molecule has 0 spiro atoms. The first-order valence-corrected chi connectivity index (χ1v) is 7.72. The van der Waals surface area contributed by atoms with Crippen molar-refractivity contribution in [3.63, 3.8) is 0 Å². The summed E-state index contributed by atoms with van der Waals surface area (Å²) < 4.78 is 1.24. The minimum atomic E-state index is 0.786. The molecule has 2 aromatic heterocycles. The fourth-order valence-corrected chi connectivity index (χ4v) is 3.84. The molecule has 0 aliphatic heterocycles. The molecular weight excluding hydrogens is 284 g/mol. The van der Waals surface area contributed by atoms with Gasteiger partial charge in [0.05, 0.1) is 16.2 Å². The first kappa shape index (κ1) is 12.1. The van der Waals surface area contributed by atoms with Crippen molar-refractivity contribution in [1.29, 1.82) is 0 Å². The number of rotatable bonds is 4. The van der Waals surface area contributed by atoms with E-state index in [0.29, 0.717) is 0 Å². The topological polar surface area (TPSA) is 24.9 Å². The maximum absolute atomic E-state index is 6.37. The van der Waals surface area contributed by atoms with Gasteiger partial charge in [-0.05, 0) is 6.07 Å². The second-order valence-electron chi connectivity index (χ2n) is 3.92. The number of thiophene rings is 1. The van der Waals surface area contributed by atoms with Gasteiger partial charge in [0.1, 0.15) is 0 Å². The van der Waals surface area contributed by atoms with Crippen LogP contribution in [0.1, 0.15) is 10.6 Å². The summed E-state index contributed by atoms with van der Waals surface area (Å²) in [5.74, 6) is 0. The number of hydrogen-bond acceptors (Lipinski definition) is 4. The molecule has 1 N–H and O–H groups in total. The average Bonchev–Trinajstić information content (AvgIpc) is 3.00. The lowest BCUT2D eigenvalue weighted by Crippen LogP contribution is -2.12. The molecule has 3 rings (SSSR count). The van der Waals surface area contributed by atoms with Crippen LogP contribution in [0.4, 0.5) is 0 Å². The Kier molecular flexibility index (Phi) is 3.61. The third-order valence-corrected chi connectivity index (χ3v) is 5.03. The van der Waals surface area contributed by atoms with E-state index in [1.54, 1.807) is 22.7 Å². The molecular formula is C13H11ClN2S2. The van der Waals surface area contributed by atoms with E-state index in [1.165, 1.54) is 9.58 Å². The van der Waals surface area contributed by atoms with Crippen LogP contribution >= 0.6 is 34.3 Å². The quantitative estimate of drug-likeness (QED) is 0.776. The van der Waals surface area contributed by atoms with Gasteiger partial charge in [-0.2, -0.15) is 0 Å². The molecule has 92 valence electrons. The standard InChI is InChI=1S/C13H11ClN2S2/c14-13-10-3-1-2-4-11(10)18-12(13)6-15-5-9-7-17-8-16-9/h1-4,7-8,15H,5-6H2. The highest BCUT2D eigenvalue weighted by molar-refractivity contribution is 7.19. The largest absolute Gasteiger partial charge is 0.306 e. The lowest BCUT2D eigenvalue weighted by Gasteiger charge is -2.00. The van der Waals surface area contributed by atoms with Gasteiger partial charge in [0.15, 0.2) is 0 Å². The maximum Gasteiger partial charge on any atom is 0.0795 e. The molecule has 3 aromatic rings. The number of benzene rings is 1. The number of hydrogen-bond donors (Lipinski definition) is 1. The van der Waals surface area contributed by atoms with Crippen molar-refractivity contribution < 1.29 is 0 Å². The summed E-state index contributed by atoms with van der Waals surface area (Å²) in [4.78, 5) is 5.43. The van der Waals surface area contributed by atoms with Crippen molar-refractivity contribution in [2.24, 2.45) is 0 Å². The van der Waals surface area contributed by atoms with Gasteiger partial charge in [-0.1, -0.05) is 29.8 Å². The number of thiazole rings is 1. The fraction of sp³-hybridized carbons (Fsp3) is 0.154. The highest BCUT2D eigenvalue weighted by Crippen LogP contribution is 2.34. The van der Waals surface area contributed by atoms with E-state index in [4.69, 9.17) is 11.6 Å². The van der Waals surface area contributed by atoms with Gasteiger partial charge >= 0.3 is 0 Å². The molecule has 0 aliphatic rings. The monoisotopic (exact) mass is 294 g/mol. The first-order chi connectivity index (χ1) is 8.84. The molecule has 0 bridgehead atoms. The van der Waals surface area contributed by atoms with Crippen molar-refractivity contribution in [3.8, 4) is 0 Å². The minimum absolute atomic E-state index is 0.786. The summed E-state index contributed by atoms with van der Waals surface area (Å²) in [6.45, 7) is 1.57. The van der Waals surface area contributed by atoms with E-state index >= 15 is 0 Å². The summed E-state index contributed by atoms with van der Waals surface area (Å²) in [5, 5.41) is 7.46. The van der Waals surface area contributed by atoms with E-state index in [0.717, 1.165) is 29.2 Å².